The molecule has 0 bridgehead atoms. The third-order valence-corrected chi connectivity index (χ3v) is 3.86. The van der Waals surface area contributed by atoms with Gasteiger partial charge in [-0.2, -0.15) is 5.10 Å². The molecule has 0 aliphatic rings. The number of amides is 1. The molecule has 128 valence electrons. The van der Waals surface area contributed by atoms with E-state index in [2.05, 4.69) is 20.4 Å². The summed E-state index contributed by atoms with van der Waals surface area (Å²) >= 11 is 0. The van der Waals surface area contributed by atoms with Crippen molar-refractivity contribution in [2.24, 2.45) is 7.05 Å². The van der Waals surface area contributed by atoms with E-state index in [1.165, 1.54) is 24.5 Å². The molecule has 0 spiro atoms. The predicted molar refractivity (Wildman–Crippen MR) is 92.7 cm³/mol. The zero-order chi connectivity index (χ0) is 18.0. The summed E-state index contributed by atoms with van der Waals surface area (Å²) in [5.41, 5.74) is 2.76. The minimum atomic E-state index is -0.325. The monoisotopic (exact) mass is 339 g/mol. The lowest BCUT2D eigenvalue weighted by Gasteiger charge is -2.09. The first-order chi connectivity index (χ1) is 12.0. The highest BCUT2D eigenvalue weighted by atomic mass is 19.1. The van der Waals surface area contributed by atoms with Crippen LogP contribution < -0.4 is 5.32 Å². The Morgan fingerprint density at radius 3 is 2.44 bits per heavy atom. The lowest BCUT2D eigenvalue weighted by Crippen LogP contribution is -2.16. The molecule has 0 aliphatic carbocycles. The van der Waals surface area contributed by atoms with Crippen molar-refractivity contribution in [2.45, 2.75) is 20.3 Å². The first-order valence-electron chi connectivity index (χ1n) is 7.91. The van der Waals surface area contributed by atoms with Crippen LogP contribution in [0, 0.1) is 12.7 Å². The van der Waals surface area contributed by atoms with Crippen molar-refractivity contribution in [1.29, 1.82) is 0 Å². The third kappa shape index (κ3) is 3.40. The average Bonchev–Trinajstić information content (AvgIpc) is 2.92. The molecule has 1 amide bonds. The molecular weight excluding hydrogens is 321 g/mol. The molecule has 2 aromatic heterocycles. The molecule has 3 rings (SSSR count). The van der Waals surface area contributed by atoms with Crippen LogP contribution in [0.15, 0.2) is 36.7 Å². The standard InChI is InChI=1S/C18H18FN5O/c1-4-15-16(12-5-7-14(19)8-6-12)17(24(3)23-15)22-18(25)13-9-20-11(2)21-10-13/h5-10H,4H2,1-3H3,(H,22,25). The van der Waals surface area contributed by atoms with E-state index >= 15 is 0 Å². The van der Waals surface area contributed by atoms with E-state index in [-0.39, 0.29) is 11.7 Å². The van der Waals surface area contributed by atoms with Gasteiger partial charge in [0, 0.05) is 25.0 Å². The van der Waals surface area contributed by atoms with Crippen molar-refractivity contribution < 1.29 is 9.18 Å². The van der Waals surface area contributed by atoms with Crippen LogP contribution in [0.1, 0.15) is 28.8 Å². The molecule has 0 saturated heterocycles. The number of hydrogen-bond donors (Lipinski definition) is 1. The molecule has 25 heavy (non-hydrogen) atoms. The van der Waals surface area contributed by atoms with Crippen LogP contribution in [-0.2, 0) is 13.5 Å². The lowest BCUT2D eigenvalue weighted by molar-refractivity contribution is 0.102. The van der Waals surface area contributed by atoms with Crippen molar-refractivity contribution in [1.82, 2.24) is 19.7 Å². The van der Waals surface area contributed by atoms with Gasteiger partial charge in [0.05, 0.1) is 11.3 Å². The Labute approximate surface area is 144 Å². The maximum absolute atomic E-state index is 13.3. The number of carbonyl (C=O) groups is 1. The molecule has 0 radical (unpaired) electrons. The summed E-state index contributed by atoms with van der Waals surface area (Å²) < 4.78 is 14.9. The summed E-state index contributed by atoms with van der Waals surface area (Å²) in [7, 11) is 1.76. The SMILES string of the molecule is CCc1nn(C)c(NC(=O)c2cnc(C)nc2)c1-c1ccc(F)cc1. The molecule has 1 N–H and O–H groups in total. The van der Waals surface area contributed by atoms with Crippen molar-refractivity contribution >= 4 is 11.7 Å². The van der Waals surface area contributed by atoms with Crippen LogP contribution in [-0.4, -0.2) is 25.7 Å². The second kappa shape index (κ2) is 6.80. The molecule has 7 heteroatoms. The van der Waals surface area contributed by atoms with Crippen LogP contribution in [0.4, 0.5) is 10.2 Å². The minimum absolute atomic E-state index is 0.312. The summed E-state index contributed by atoms with van der Waals surface area (Å²) in [5.74, 6) is 0.508. The van der Waals surface area contributed by atoms with E-state index in [0.717, 1.165) is 16.8 Å². The second-order valence-electron chi connectivity index (χ2n) is 5.63. The van der Waals surface area contributed by atoms with Crippen LogP contribution in [0.25, 0.3) is 11.1 Å². The Bertz CT molecular complexity index is 900. The van der Waals surface area contributed by atoms with Gasteiger partial charge in [0.25, 0.3) is 5.91 Å². The number of rotatable bonds is 4. The second-order valence-corrected chi connectivity index (χ2v) is 5.63. The van der Waals surface area contributed by atoms with Crippen LogP contribution in [0.2, 0.25) is 0 Å². The van der Waals surface area contributed by atoms with Gasteiger partial charge in [-0.1, -0.05) is 19.1 Å². The summed E-state index contributed by atoms with van der Waals surface area (Å²) in [6.07, 6.45) is 3.64. The minimum Gasteiger partial charge on any atom is -0.306 e. The molecule has 0 unspecified atom stereocenters. The third-order valence-electron chi connectivity index (χ3n) is 3.86. The summed E-state index contributed by atoms with van der Waals surface area (Å²) in [5, 5.41) is 7.34. The Kier molecular flexibility index (Phi) is 4.56. The number of carbonyl (C=O) groups excluding carboxylic acids is 1. The Balaban J connectivity index is 2.00. The van der Waals surface area contributed by atoms with Crippen LogP contribution in [0.5, 0.6) is 0 Å². The number of nitrogens with zero attached hydrogens (tertiary/aromatic N) is 4. The van der Waals surface area contributed by atoms with Gasteiger partial charge in [0.1, 0.15) is 17.5 Å². The summed E-state index contributed by atoms with van der Waals surface area (Å²) in [6.45, 7) is 3.73. The fraction of sp³-hybridized carbons (Fsp3) is 0.222. The van der Waals surface area contributed by atoms with Gasteiger partial charge in [0.2, 0.25) is 0 Å². The molecule has 0 saturated carbocycles. The van der Waals surface area contributed by atoms with Crippen LogP contribution in [0.3, 0.4) is 0 Å². The number of nitrogens with one attached hydrogen (secondary N) is 1. The number of aryl methyl sites for hydroxylation is 3. The highest BCUT2D eigenvalue weighted by Gasteiger charge is 2.19. The van der Waals surface area contributed by atoms with E-state index in [1.54, 1.807) is 30.8 Å². The van der Waals surface area contributed by atoms with E-state index in [0.29, 0.717) is 23.6 Å². The quantitative estimate of drug-likeness (QED) is 0.792. The lowest BCUT2D eigenvalue weighted by atomic mass is 10.0. The largest absolute Gasteiger partial charge is 0.306 e. The maximum Gasteiger partial charge on any atom is 0.259 e. The van der Waals surface area contributed by atoms with E-state index < -0.39 is 0 Å². The fourth-order valence-electron chi connectivity index (χ4n) is 2.58. The molecule has 6 nitrogen and oxygen atoms in total. The molecule has 1 aromatic carbocycles. The first kappa shape index (κ1) is 16.8. The van der Waals surface area contributed by atoms with Gasteiger partial charge in [0.15, 0.2) is 0 Å². The van der Waals surface area contributed by atoms with Gasteiger partial charge >= 0.3 is 0 Å². The highest BCUT2D eigenvalue weighted by Crippen LogP contribution is 2.32. The maximum atomic E-state index is 13.3. The Morgan fingerprint density at radius 2 is 1.84 bits per heavy atom. The smallest absolute Gasteiger partial charge is 0.259 e. The van der Waals surface area contributed by atoms with Crippen molar-refractivity contribution in [3.63, 3.8) is 0 Å². The summed E-state index contributed by atoms with van der Waals surface area (Å²) in [4.78, 5) is 20.6. The van der Waals surface area contributed by atoms with Gasteiger partial charge in [-0.3, -0.25) is 9.48 Å². The number of anilines is 1. The number of benzene rings is 1. The zero-order valence-corrected chi connectivity index (χ0v) is 14.2. The topological polar surface area (TPSA) is 72.7 Å². The van der Waals surface area contributed by atoms with Crippen molar-refractivity contribution in [3.8, 4) is 11.1 Å². The van der Waals surface area contributed by atoms with Gasteiger partial charge < -0.3 is 5.32 Å². The summed E-state index contributed by atoms with van der Waals surface area (Å²) in [6, 6.07) is 6.13. The van der Waals surface area contributed by atoms with Gasteiger partial charge in [-0.05, 0) is 31.0 Å². The first-order valence-corrected chi connectivity index (χ1v) is 7.91. The van der Waals surface area contributed by atoms with Crippen molar-refractivity contribution in [2.75, 3.05) is 5.32 Å². The Hall–Kier alpha value is -3.09. The highest BCUT2D eigenvalue weighted by molar-refractivity contribution is 6.05. The molecule has 0 aliphatic heterocycles. The van der Waals surface area contributed by atoms with E-state index in [9.17, 15) is 9.18 Å². The van der Waals surface area contributed by atoms with Crippen molar-refractivity contribution in [3.05, 3.63) is 59.6 Å². The Morgan fingerprint density at radius 1 is 1.20 bits per heavy atom. The van der Waals surface area contributed by atoms with Gasteiger partial charge in [-0.25, -0.2) is 14.4 Å². The predicted octanol–water partition coefficient (Wildman–Crippen LogP) is 3.14. The number of halogens is 1. The molecule has 3 aromatic rings. The molecule has 0 fully saturated rings. The normalized spacial score (nSPS) is 10.7. The number of aromatic nitrogens is 4. The fourth-order valence-corrected chi connectivity index (χ4v) is 2.58. The number of hydrogen-bond acceptors (Lipinski definition) is 4. The van der Waals surface area contributed by atoms with E-state index in [1.807, 2.05) is 6.92 Å². The van der Waals surface area contributed by atoms with E-state index in [4.69, 9.17) is 0 Å². The molecule has 2 heterocycles. The van der Waals surface area contributed by atoms with Crippen LogP contribution >= 0.6 is 0 Å². The zero-order valence-electron chi connectivity index (χ0n) is 14.2. The molecule has 0 atom stereocenters. The average molecular weight is 339 g/mol. The van der Waals surface area contributed by atoms with Gasteiger partial charge in [-0.15, -0.1) is 0 Å². The molecular formula is C18H18FN5O.